The molecule has 114 valence electrons. The highest BCUT2D eigenvalue weighted by Crippen LogP contribution is 2.34. The molecule has 1 fully saturated rings. The van der Waals surface area contributed by atoms with E-state index in [0.717, 1.165) is 17.9 Å². The molecule has 3 nitrogen and oxygen atoms in total. The average molecular weight is 306 g/mol. The minimum Gasteiger partial charge on any atom is -0.326 e. The SMILES string of the molecule is Cc1ccc2nc(CCl)n(CC3(C)CCN(C)CC3)c2c1. The van der Waals surface area contributed by atoms with Gasteiger partial charge in [0.25, 0.3) is 0 Å². The van der Waals surface area contributed by atoms with Crippen LogP contribution < -0.4 is 0 Å². The Hall–Kier alpha value is -1.06. The second kappa shape index (κ2) is 5.62. The van der Waals surface area contributed by atoms with Gasteiger partial charge < -0.3 is 9.47 Å². The smallest absolute Gasteiger partial charge is 0.124 e. The molecule has 0 amide bonds. The van der Waals surface area contributed by atoms with E-state index in [9.17, 15) is 0 Å². The van der Waals surface area contributed by atoms with Crippen LogP contribution in [0.15, 0.2) is 18.2 Å². The summed E-state index contributed by atoms with van der Waals surface area (Å²) in [5.74, 6) is 1.47. The largest absolute Gasteiger partial charge is 0.326 e. The molecule has 0 spiro atoms. The molecule has 0 saturated carbocycles. The van der Waals surface area contributed by atoms with Gasteiger partial charge in [0.1, 0.15) is 5.82 Å². The number of piperidine rings is 1. The zero-order valence-corrected chi connectivity index (χ0v) is 14.0. The predicted molar refractivity (Wildman–Crippen MR) is 88.9 cm³/mol. The number of hydrogen-bond acceptors (Lipinski definition) is 2. The first-order valence-electron chi connectivity index (χ1n) is 7.71. The van der Waals surface area contributed by atoms with Crippen LogP contribution >= 0.6 is 11.6 Å². The quantitative estimate of drug-likeness (QED) is 0.804. The van der Waals surface area contributed by atoms with E-state index in [4.69, 9.17) is 16.6 Å². The van der Waals surface area contributed by atoms with Crippen molar-refractivity contribution in [3.05, 3.63) is 29.6 Å². The molecule has 2 aromatic rings. The van der Waals surface area contributed by atoms with Crippen molar-refractivity contribution in [1.82, 2.24) is 14.5 Å². The minimum atomic E-state index is 0.338. The van der Waals surface area contributed by atoms with Gasteiger partial charge in [0, 0.05) is 6.54 Å². The lowest BCUT2D eigenvalue weighted by atomic mass is 9.80. The molecule has 2 heterocycles. The van der Waals surface area contributed by atoms with Crippen molar-refractivity contribution in [2.75, 3.05) is 20.1 Å². The van der Waals surface area contributed by atoms with Gasteiger partial charge in [0.15, 0.2) is 0 Å². The lowest BCUT2D eigenvalue weighted by Gasteiger charge is -2.38. The van der Waals surface area contributed by atoms with Crippen molar-refractivity contribution in [3.63, 3.8) is 0 Å². The van der Waals surface area contributed by atoms with Crippen LogP contribution in [0.5, 0.6) is 0 Å². The average Bonchev–Trinajstić information content (AvgIpc) is 2.80. The number of benzene rings is 1. The van der Waals surface area contributed by atoms with E-state index in [2.05, 4.69) is 48.6 Å². The fraction of sp³-hybridized carbons (Fsp3) is 0.588. The molecule has 1 aliphatic heterocycles. The molecule has 0 atom stereocenters. The van der Waals surface area contributed by atoms with Gasteiger partial charge in [-0.2, -0.15) is 0 Å². The third-order valence-electron chi connectivity index (χ3n) is 4.84. The number of alkyl halides is 1. The molecule has 0 bridgehead atoms. The number of aryl methyl sites for hydroxylation is 1. The monoisotopic (exact) mass is 305 g/mol. The van der Waals surface area contributed by atoms with Crippen LogP contribution in [0, 0.1) is 12.3 Å². The first-order chi connectivity index (χ1) is 10.0. The molecule has 0 unspecified atom stereocenters. The van der Waals surface area contributed by atoms with E-state index in [-0.39, 0.29) is 0 Å². The van der Waals surface area contributed by atoms with E-state index in [1.807, 2.05) is 0 Å². The molecular formula is C17H24ClN3. The van der Waals surface area contributed by atoms with Crippen molar-refractivity contribution in [1.29, 1.82) is 0 Å². The standard InChI is InChI=1S/C17H24ClN3/c1-13-4-5-14-15(10-13)21(16(11-18)19-14)12-17(2)6-8-20(3)9-7-17/h4-5,10H,6-9,11-12H2,1-3H3. The van der Waals surface area contributed by atoms with Gasteiger partial charge in [-0.1, -0.05) is 13.0 Å². The Morgan fingerprint density at radius 2 is 2.00 bits per heavy atom. The van der Waals surface area contributed by atoms with Crippen LogP contribution in [0.4, 0.5) is 0 Å². The highest BCUT2D eigenvalue weighted by Gasteiger charge is 2.30. The summed E-state index contributed by atoms with van der Waals surface area (Å²) in [7, 11) is 2.21. The maximum Gasteiger partial charge on any atom is 0.124 e. The molecule has 0 radical (unpaired) electrons. The number of aromatic nitrogens is 2. The van der Waals surface area contributed by atoms with E-state index in [1.54, 1.807) is 0 Å². The summed E-state index contributed by atoms with van der Waals surface area (Å²) in [6.45, 7) is 7.91. The van der Waals surface area contributed by atoms with Crippen LogP contribution in [0.3, 0.4) is 0 Å². The fourth-order valence-corrected chi connectivity index (χ4v) is 3.46. The number of fused-ring (bicyclic) bond motifs is 1. The van der Waals surface area contributed by atoms with Crippen molar-refractivity contribution in [2.24, 2.45) is 5.41 Å². The second-order valence-electron chi connectivity index (χ2n) is 6.85. The summed E-state index contributed by atoms with van der Waals surface area (Å²) >= 11 is 6.14. The van der Waals surface area contributed by atoms with Gasteiger partial charge in [0.05, 0.1) is 16.9 Å². The topological polar surface area (TPSA) is 21.1 Å². The molecule has 3 rings (SSSR count). The zero-order chi connectivity index (χ0) is 15.0. The Kier molecular flexibility index (Phi) is 3.98. The van der Waals surface area contributed by atoms with Crippen LogP contribution in [0.25, 0.3) is 11.0 Å². The number of likely N-dealkylation sites (tertiary alicyclic amines) is 1. The third-order valence-corrected chi connectivity index (χ3v) is 5.08. The van der Waals surface area contributed by atoms with Crippen LogP contribution in [-0.2, 0) is 12.4 Å². The third kappa shape index (κ3) is 2.95. The van der Waals surface area contributed by atoms with Gasteiger partial charge in [-0.15, -0.1) is 11.6 Å². The Morgan fingerprint density at radius 3 is 2.67 bits per heavy atom. The summed E-state index contributed by atoms with van der Waals surface area (Å²) in [6.07, 6.45) is 2.47. The number of hydrogen-bond donors (Lipinski definition) is 0. The van der Waals surface area contributed by atoms with Crippen LogP contribution in [0.1, 0.15) is 31.2 Å². The molecule has 1 saturated heterocycles. The van der Waals surface area contributed by atoms with Crippen molar-refractivity contribution < 1.29 is 0 Å². The Labute approximate surface area is 131 Å². The molecule has 4 heteroatoms. The number of halogens is 1. The predicted octanol–water partition coefficient (Wildman–Crippen LogP) is 3.82. The van der Waals surface area contributed by atoms with E-state index < -0.39 is 0 Å². The summed E-state index contributed by atoms with van der Waals surface area (Å²) in [5.41, 5.74) is 3.90. The number of rotatable bonds is 3. The van der Waals surface area contributed by atoms with Gasteiger partial charge in [-0.25, -0.2) is 4.98 Å². The van der Waals surface area contributed by atoms with E-state index >= 15 is 0 Å². The first kappa shape index (κ1) is 14.9. The summed E-state index contributed by atoms with van der Waals surface area (Å²) < 4.78 is 2.35. The Balaban J connectivity index is 1.97. The second-order valence-corrected chi connectivity index (χ2v) is 7.12. The van der Waals surface area contributed by atoms with E-state index in [1.165, 1.54) is 37.0 Å². The summed E-state index contributed by atoms with van der Waals surface area (Å²) in [4.78, 5) is 7.12. The molecule has 0 N–H and O–H groups in total. The summed E-state index contributed by atoms with van der Waals surface area (Å²) in [6, 6.07) is 6.46. The highest BCUT2D eigenvalue weighted by molar-refractivity contribution is 6.16. The van der Waals surface area contributed by atoms with Gasteiger partial charge in [-0.3, -0.25) is 0 Å². The lowest BCUT2D eigenvalue weighted by molar-refractivity contribution is 0.121. The number of nitrogens with zero attached hydrogens (tertiary/aromatic N) is 3. The summed E-state index contributed by atoms with van der Waals surface area (Å²) in [5, 5.41) is 0. The molecule has 0 aliphatic carbocycles. The Morgan fingerprint density at radius 1 is 1.29 bits per heavy atom. The zero-order valence-electron chi connectivity index (χ0n) is 13.2. The normalized spacial score (nSPS) is 19.2. The molecule has 21 heavy (non-hydrogen) atoms. The maximum atomic E-state index is 6.14. The first-order valence-corrected chi connectivity index (χ1v) is 8.24. The van der Waals surface area contributed by atoms with Gasteiger partial charge in [-0.05, 0) is 63.0 Å². The lowest BCUT2D eigenvalue weighted by Crippen LogP contribution is -2.38. The highest BCUT2D eigenvalue weighted by atomic mass is 35.5. The fourth-order valence-electron chi connectivity index (χ4n) is 3.26. The Bertz CT molecular complexity index is 639. The molecule has 1 aliphatic rings. The van der Waals surface area contributed by atoms with Gasteiger partial charge in [0.2, 0.25) is 0 Å². The number of imidazole rings is 1. The van der Waals surface area contributed by atoms with Crippen LogP contribution in [-0.4, -0.2) is 34.6 Å². The minimum absolute atomic E-state index is 0.338. The van der Waals surface area contributed by atoms with Crippen molar-refractivity contribution in [3.8, 4) is 0 Å². The van der Waals surface area contributed by atoms with Crippen LogP contribution in [0.2, 0.25) is 0 Å². The molecular weight excluding hydrogens is 282 g/mol. The van der Waals surface area contributed by atoms with Crippen molar-refractivity contribution >= 4 is 22.6 Å². The van der Waals surface area contributed by atoms with Gasteiger partial charge >= 0.3 is 0 Å². The maximum absolute atomic E-state index is 6.14. The molecule has 1 aromatic carbocycles. The van der Waals surface area contributed by atoms with Crippen molar-refractivity contribution in [2.45, 2.75) is 39.1 Å². The van der Waals surface area contributed by atoms with E-state index in [0.29, 0.717) is 11.3 Å². The molecule has 1 aromatic heterocycles.